The van der Waals surface area contributed by atoms with Crippen molar-refractivity contribution < 1.29 is 14.5 Å². The smallest absolute Gasteiger partial charge is 0.270 e. The van der Waals surface area contributed by atoms with Gasteiger partial charge in [0.2, 0.25) is 0 Å². The number of fused-ring (bicyclic) bond motifs is 4. The number of pyridine rings is 1. The molecule has 0 N–H and O–H groups in total. The Morgan fingerprint density at radius 3 is 2.36 bits per heavy atom. The molecule has 0 unspecified atom stereocenters. The minimum Gasteiger partial charge on any atom is -0.281 e. The second-order valence-electron chi connectivity index (χ2n) is 8.26. The highest BCUT2D eigenvalue weighted by atomic mass is 16.6. The average Bonchev–Trinajstić information content (AvgIpc) is 3.35. The van der Waals surface area contributed by atoms with Crippen LogP contribution in [0.5, 0.6) is 0 Å². The number of hydrogen-bond acceptors (Lipinski definition) is 8. The molecule has 2 aliphatic heterocycles. The number of rotatable bonds is 5. The molecule has 2 aliphatic rings. The molecular weight excluding hydrogens is 462 g/mol. The van der Waals surface area contributed by atoms with Gasteiger partial charge in [0.05, 0.1) is 33.1 Å². The number of carbonyl (C=O) groups excluding carboxylic acids is 2. The number of non-ortho nitro benzene ring substituents is 1. The molecule has 4 heterocycles. The summed E-state index contributed by atoms with van der Waals surface area (Å²) in [6, 6.07) is 16.6. The van der Waals surface area contributed by atoms with Crippen LogP contribution in [0.25, 0.3) is 5.69 Å². The van der Waals surface area contributed by atoms with E-state index in [4.69, 9.17) is 0 Å². The molecule has 0 aliphatic carbocycles. The van der Waals surface area contributed by atoms with Crippen LogP contribution in [0.2, 0.25) is 0 Å². The minimum atomic E-state index is -0.461. The van der Waals surface area contributed by atoms with Gasteiger partial charge in [-0.05, 0) is 30.3 Å². The second-order valence-corrected chi connectivity index (χ2v) is 8.26. The molecule has 2 aromatic carbocycles. The molecule has 0 saturated heterocycles. The van der Waals surface area contributed by atoms with Crippen molar-refractivity contribution in [1.82, 2.24) is 24.6 Å². The number of hydrogen-bond donors (Lipinski definition) is 0. The van der Waals surface area contributed by atoms with Crippen LogP contribution in [0, 0.1) is 10.1 Å². The number of carbonyl (C=O) groups is 2. The summed E-state index contributed by atoms with van der Waals surface area (Å²) < 4.78 is 1.79. The molecular formula is C25H17N7O4. The van der Waals surface area contributed by atoms with E-state index >= 15 is 0 Å². The van der Waals surface area contributed by atoms with Gasteiger partial charge in [-0.3, -0.25) is 39.1 Å². The highest BCUT2D eigenvalue weighted by molar-refractivity contribution is 6.21. The first-order valence-electron chi connectivity index (χ1n) is 11.2. The molecule has 0 bridgehead atoms. The highest BCUT2D eigenvalue weighted by Crippen LogP contribution is 2.29. The SMILES string of the molecule is O=C1c2ccccc2C(=O)N1CCc1nnc2n1-c1ccc([N+](=O)[O-])cc1C(c1ccccn1)=NC2. The van der Waals surface area contributed by atoms with Crippen LogP contribution in [-0.2, 0) is 13.0 Å². The van der Waals surface area contributed by atoms with E-state index in [1.807, 2.05) is 6.07 Å². The topological polar surface area (TPSA) is 136 Å². The molecule has 0 atom stereocenters. The maximum absolute atomic E-state index is 12.8. The molecule has 176 valence electrons. The van der Waals surface area contributed by atoms with Crippen molar-refractivity contribution in [2.24, 2.45) is 4.99 Å². The number of nitro benzene ring substituents is 1. The summed E-state index contributed by atoms with van der Waals surface area (Å²) in [6.45, 7) is 0.287. The van der Waals surface area contributed by atoms with Crippen LogP contribution in [0.4, 0.5) is 5.69 Å². The van der Waals surface area contributed by atoms with E-state index in [0.29, 0.717) is 45.4 Å². The molecule has 11 heteroatoms. The number of amides is 2. The molecule has 2 aromatic heterocycles. The molecule has 0 fully saturated rings. The lowest BCUT2D eigenvalue weighted by molar-refractivity contribution is -0.384. The lowest BCUT2D eigenvalue weighted by atomic mass is 10.0. The lowest BCUT2D eigenvalue weighted by Crippen LogP contribution is -2.32. The predicted molar refractivity (Wildman–Crippen MR) is 127 cm³/mol. The maximum atomic E-state index is 12.8. The number of imide groups is 1. The van der Waals surface area contributed by atoms with E-state index in [2.05, 4.69) is 20.2 Å². The number of benzene rings is 2. The van der Waals surface area contributed by atoms with Crippen molar-refractivity contribution in [2.45, 2.75) is 13.0 Å². The Morgan fingerprint density at radius 1 is 0.917 bits per heavy atom. The first-order chi connectivity index (χ1) is 17.5. The number of aliphatic imine (C=N–C) groups is 1. The molecule has 4 aromatic rings. The van der Waals surface area contributed by atoms with Gasteiger partial charge in [-0.25, -0.2) is 0 Å². The molecule has 0 radical (unpaired) electrons. The zero-order valence-electron chi connectivity index (χ0n) is 18.7. The Hall–Kier alpha value is -5.06. The molecule has 6 rings (SSSR count). The van der Waals surface area contributed by atoms with Crippen molar-refractivity contribution in [3.8, 4) is 5.69 Å². The van der Waals surface area contributed by atoms with Crippen molar-refractivity contribution in [2.75, 3.05) is 6.54 Å². The monoisotopic (exact) mass is 479 g/mol. The third-order valence-corrected chi connectivity index (χ3v) is 6.21. The van der Waals surface area contributed by atoms with E-state index in [9.17, 15) is 19.7 Å². The summed E-state index contributed by atoms with van der Waals surface area (Å²) in [5.74, 6) is 0.355. The number of aromatic nitrogens is 4. The molecule has 36 heavy (non-hydrogen) atoms. The van der Waals surface area contributed by atoms with Gasteiger partial charge in [0.25, 0.3) is 17.5 Å². The van der Waals surface area contributed by atoms with E-state index in [0.717, 1.165) is 0 Å². The van der Waals surface area contributed by atoms with Gasteiger partial charge in [0, 0.05) is 36.9 Å². The van der Waals surface area contributed by atoms with Crippen LogP contribution in [0.3, 0.4) is 0 Å². The Bertz CT molecular complexity index is 1560. The summed E-state index contributed by atoms with van der Waals surface area (Å²) in [4.78, 5) is 46.9. The van der Waals surface area contributed by atoms with E-state index in [-0.39, 0.29) is 37.0 Å². The highest BCUT2D eigenvalue weighted by Gasteiger charge is 2.35. The van der Waals surface area contributed by atoms with Gasteiger partial charge in [0.1, 0.15) is 12.4 Å². The first kappa shape index (κ1) is 21.5. The lowest BCUT2D eigenvalue weighted by Gasteiger charge is -2.16. The van der Waals surface area contributed by atoms with E-state index < -0.39 is 4.92 Å². The van der Waals surface area contributed by atoms with Crippen molar-refractivity contribution >= 4 is 23.2 Å². The standard InChI is InChI=1S/C25H17N7O4/c33-24-16-5-1-2-6-17(16)25(34)30(24)12-10-21-28-29-22-14-27-23(19-7-3-4-11-26-19)18-13-15(32(35)36)8-9-20(18)31(21)22/h1-9,11,13H,10,12,14H2. The molecule has 2 amide bonds. The average molecular weight is 479 g/mol. The molecule has 0 spiro atoms. The molecule has 11 nitrogen and oxygen atoms in total. The van der Waals surface area contributed by atoms with Crippen LogP contribution < -0.4 is 0 Å². The van der Waals surface area contributed by atoms with Gasteiger partial charge >= 0.3 is 0 Å². The van der Waals surface area contributed by atoms with Gasteiger partial charge < -0.3 is 0 Å². The van der Waals surface area contributed by atoms with Gasteiger partial charge in [-0.1, -0.05) is 18.2 Å². The van der Waals surface area contributed by atoms with Crippen molar-refractivity contribution in [1.29, 1.82) is 0 Å². The largest absolute Gasteiger partial charge is 0.281 e. The second kappa shape index (κ2) is 8.31. The summed E-state index contributed by atoms with van der Waals surface area (Å²) in [5.41, 5.74) is 2.89. The Balaban J connectivity index is 1.38. The van der Waals surface area contributed by atoms with Crippen molar-refractivity contribution in [3.05, 3.63) is 111 Å². The van der Waals surface area contributed by atoms with Crippen LogP contribution >= 0.6 is 0 Å². The normalized spacial score (nSPS) is 14.1. The Kier molecular flexibility index (Phi) is 4.95. The quantitative estimate of drug-likeness (QED) is 0.244. The van der Waals surface area contributed by atoms with Crippen LogP contribution in [0.15, 0.2) is 71.9 Å². The fourth-order valence-corrected chi connectivity index (χ4v) is 4.53. The van der Waals surface area contributed by atoms with E-state index in [1.165, 1.54) is 17.0 Å². The summed E-state index contributed by atoms with van der Waals surface area (Å²) in [7, 11) is 0. The van der Waals surface area contributed by atoms with Gasteiger partial charge in [-0.2, -0.15) is 0 Å². The van der Waals surface area contributed by atoms with Crippen LogP contribution in [-0.4, -0.2) is 53.6 Å². The zero-order chi connectivity index (χ0) is 24.8. The van der Waals surface area contributed by atoms with Crippen molar-refractivity contribution in [3.63, 3.8) is 0 Å². The maximum Gasteiger partial charge on any atom is 0.270 e. The predicted octanol–water partition coefficient (Wildman–Crippen LogP) is 2.76. The summed E-state index contributed by atoms with van der Waals surface area (Å²) in [5, 5.41) is 20.1. The Labute approximate surface area is 203 Å². The minimum absolute atomic E-state index is 0.0820. The first-order valence-corrected chi connectivity index (χ1v) is 11.2. The third kappa shape index (κ3) is 3.36. The Morgan fingerprint density at radius 2 is 1.67 bits per heavy atom. The summed E-state index contributed by atoms with van der Waals surface area (Å²) >= 11 is 0. The number of nitro groups is 1. The van der Waals surface area contributed by atoms with Gasteiger partial charge in [0.15, 0.2) is 5.82 Å². The van der Waals surface area contributed by atoms with Gasteiger partial charge in [-0.15, -0.1) is 10.2 Å². The fraction of sp³-hybridized carbons (Fsp3) is 0.120. The fourth-order valence-electron chi connectivity index (χ4n) is 4.53. The van der Waals surface area contributed by atoms with E-state index in [1.54, 1.807) is 53.2 Å². The number of nitrogens with zero attached hydrogens (tertiary/aromatic N) is 7. The zero-order valence-corrected chi connectivity index (χ0v) is 18.7. The molecule has 0 saturated carbocycles. The van der Waals surface area contributed by atoms with Crippen LogP contribution in [0.1, 0.15) is 43.6 Å². The third-order valence-electron chi connectivity index (χ3n) is 6.21. The summed E-state index contributed by atoms with van der Waals surface area (Å²) in [6.07, 6.45) is 1.88.